The fourth-order valence-corrected chi connectivity index (χ4v) is 2.82. The summed E-state index contributed by atoms with van der Waals surface area (Å²) in [5.74, 6) is -4.52. The lowest BCUT2D eigenvalue weighted by Crippen LogP contribution is -2.59. The van der Waals surface area contributed by atoms with Crippen molar-refractivity contribution in [3.8, 4) is 0 Å². The van der Waals surface area contributed by atoms with E-state index in [1.807, 2.05) is 6.07 Å². The summed E-state index contributed by atoms with van der Waals surface area (Å²) in [6, 6.07) is 3.90. The van der Waals surface area contributed by atoms with E-state index in [1.165, 1.54) is 13.8 Å². The van der Waals surface area contributed by atoms with Crippen LogP contribution in [0.25, 0.3) is 0 Å². The number of benzene rings is 1. The zero-order chi connectivity index (χ0) is 25.1. The van der Waals surface area contributed by atoms with Crippen LogP contribution < -0.4 is 27.4 Å². The summed E-state index contributed by atoms with van der Waals surface area (Å²) in [5.41, 5.74) is 11.8. The van der Waals surface area contributed by atoms with Gasteiger partial charge in [0.2, 0.25) is 23.6 Å². The molecule has 0 radical (unpaired) electrons. The molecule has 1 aromatic rings. The first-order chi connectivity index (χ1) is 15.4. The van der Waals surface area contributed by atoms with Crippen molar-refractivity contribution in [1.29, 1.82) is 0 Å². The molecular weight excluding hydrogens is 434 g/mol. The first kappa shape index (κ1) is 27.5. The topological polar surface area (TPSA) is 214 Å². The number of carboxylic acid groups (broad SMARTS) is 1. The van der Waals surface area contributed by atoms with Gasteiger partial charge in [-0.2, -0.15) is 0 Å². The maximum Gasteiger partial charge on any atom is 0.325 e. The van der Waals surface area contributed by atoms with E-state index in [2.05, 4.69) is 16.0 Å². The summed E-state index contributed by atoms with van der Waals surface area (Å²) in [6.07, 6.45) is -1.64. The number of carboxylic acids is 1. The van der Waals surface area contributed by atoms with Crippen LogP contribution in [0.2, 0.25) is 0 Å². The molecule has 0 spiro atoms. The molecule has 0 aliphatic heterocycles. The monoisotopic (exact) mass is 465 g/mol. The Labute approximate surface area is 191 Å². The summed E-state index contributed by atoms with van der Waals surface area (Å²) < 4.78 is 0. The molecule has 0 aliphatic rings. The lowest BCUT2D eigenvalue weighted by Gasteiger charge is -2.26. The number of carbonyl (C=O) groups is 5. The number of hydrogen-bond acceptors (Lipinski definition) is 7. The Balaban J connectivity index is 2.88. The standard InChI is InChI=1S/C21H31N5O7/c1-11(21(32)33)24-19(30)15(8-9-16(23)28)25-20(31)17(12(2)27)26-18(29)14(22)10-13-6-4-3-5-7-13/h3-7,11-12,14-15,17,27H,8-10,22H2,1-2H3,(H2,23,28)(H,24,30)(H,25,31)(H,26,29)(H,32,33). The number of hydrogen-bond donors (Lipinski definition) is 7. The van der Waals surface area contributed by atoms with Crippen molar-refractivity contribution >= 4 is 29.6 Å². The molecule has 5 unspecified atom stereocenters. The van der Waals surface area contributed by atoms with E-state index < -0.39 is 59.9 Å². The van der Waals surface area contributed by atoms with Gasteiger partial charge in [-0.15, -0.1) is 0 Å². The molecule has 0 aromatic heterocycles. The third-order valence-electron chi connectivity index (χ3n) is 4.74. The van der Waals surface area contributed by atoms with Crippen molar-refractivity contribution in [3.05, 3.63) is 35.9 Å². The highest BCUT2D eigenvalue weighted by Crippen LogP contribution is 2.05. The molecule has 0 bridgehead atoms. The second-order valence-corrected chi connectivity index (χ2v) is 7.66. The van der Waals surface area contributed by atoms with Crippen LogP contribution in [-0.4, -0.2) is 70.1 Å². The van der Waals surface area contributed by atoms with E-state index in [1.54, 1.807) is 24.3 Å². The van der Waals surface area contributed by atoms with Crippen LogP contribution in [0.3, 0.4) is 0 Å². The number of aliphatic carboxylic acids is 1. The zero-order valence-corrected chi connectivity index (χ0v) is 18.5. The molecule has 182 valence electrons. The highest BCUT2D eigenvalue weighted by atomic mass is 16.4. The van der Waals surface area contributed by atoms with Crippen LogP contribution in [0, 0.1) is 0 Å². The number of aliphatic hydroxyl groups excluding tert-OH is 1. The molecule has 0 heterocycles. The van der Waals surface area contributed by atoms with Gasteiger partial charge in [0.05, 0.1) is 12.1 Å². The van der Waals surface area contributed by atoms with Crippen LogP contribution in [-0.2, 0) is 30.4 Å². The number of nitrogens with two attached hydrogens (primary N) is 2. The van der Waals surface area contributed by atoms with Gasteiger partial charge in [-0.25, -0.2) is 0 Å². The Morgan fingerprint density at radius 1 is 0.939 bits per heavy atom. The largest absolute Gasteiger partial charge is 0.480 e. The molecule has 9 N–H and O–H groups in total. The van der Waals surface area contributed by atoms with Crippen molar-refractivity contribution in [2.75, 3.05) is 0 Å². The molecule has 12 nitrogen and oxygen atoms in total. The van der Waals surface area contributed by atoms with Crippen LogP contribution in [0.1, 0.15) is 32.3 Å². The van der Waals surface area contributed by atoms with E-state index in [4.69, 9.17) is 16.6 Å². The Morgan fingerprint density at radius 2 is 1.55 bits per heavy atom. The molecule has 0 aliphatic carbocycles. The summed E-state index contributed by atoms with van der Waals surface area (Å²) in [5, 5.41) is 25.9. The quantitative estimate of drug-likeness (QED) is 0.169. The number of primary amides is 1. The van der Waals surface area contributed by atoms with E-state index in [0.717, 1.165) is 5.56 Å². The van der Waals surface area contributed by atoms with Crippen molar-refractivity contribution < 1.29 is 34.2 Å². The van der Waals surface area contributed by atoms with Gasteiger partial charge in [-0.1, -0.05) is 30.3 Å². The average Bonchev–Trinajstić information content (AvgIpc) is 2.74. The first-order valence-electron chi connectivity index (χ1n) is 10.3. The number of aliphatic hydroxyl groups is 1. The Hall–Kier alpha value is -3.51. The van der Waals surface area contributed by atoms with E-state index >= 15 is 0 Å². The van der Waals surface area contributed by atoms with Crippen LogP contribution in [0.4, 0.5) is 0 Å². The molecule has 5 atom stereocenters. The predicted octanol–water partition coefficient (Wildman–Crippen LogP) is -2.24. The minimum absolute atomic E-state index is 0.192. The number of rotatable bonds is 13. The number of nitrogens with one attached hydrogen (secondary N) is 3. The number of carbonyl (C=O) groups excluding carboxylic acids is 4. The third kappa shape index (κ3) is 9.66. The zero-order valence-electron chi connectivity index (χ0n) is 18.5. The molecule has 33 heavy (non-hydrogen) atoms. The Bertz CT molecular complexity index is 847. The Morgan fingerprint density at radius 3 is 2.06 bits per heavy atom. The van der Waals surface area contributed by atoms with Crippen molar-refractivity contribution in [3.63, 3.8) is 0 Å². The second-order valence-electron chi connectivity index (χ2n) is 7.66. The summed E-state index contributed by atoms with van der Waals surface area (Å²) >= 11 is 0. The van der Waals surface area contributed by atoms with Gasteiger partial charge in [-0.3, -0.25) is 24.0 Å². The summed E-state index contributed by atoms with van der Waals surface area (Å²) in [7, 11) is 0. The molecular formula is C21H31N5O7. The lowest BCUT2D eigenvalue weighted by molar-refractivity contribution is -0.142. The normalized spacial score (nSPS) is 15.3. The molecule has 0 fully saturated rings. The summed E-state index contributed by atoms with van der Waals surface area (Å²) in [6.45, 7) is 2.48. The smallest absolute Gasteiger partial charge is 0.325 e. The maximum atomic E-state index is 12.7. The van der Waals surface area contributed by atoms with Gasteiger partial charge < -0.3 is 37.6 Å². The van der Waals surface area contributed by atoms with Gasteiger partial charge in [0.1, 0.15) is 18.1 Å². The molecule has 12 heteroatoms. The minimum atomic E-state index is -1.46. The van der Waals surface area contributed by atoms with Crippen molar-refractivity contribution in [1.82, 2.24) is 16.0 Å². The van der Waals surface area contributed by atoms with E-state index in [-0.39, 0.29) is 19.3 Å². The van der Waals surface area contributed by atoms with E-state index in [9.17, 15) is 29.1 Å². The number of amides is 4. The SMILES string of the molecule is CC(NC(=O)C(CCC(N)=O)NC(=O)C(NC(=O)C(N)Cc1ccccc1)C(C)O)C(=O)O. The molecule has 1 aromatic carbocycles. The fourth-order valence-electron chi connectivity index (χ4n) is 2.82. The molecule has 0 saturated carbocycles. The highest BCUT2D eigenvalue weighted by Gasteiger charge is 2.32. The van der Waals surface area contributed by atoms with Gasteiger partial charge in [0.15, 0.2) is 0 Å². The first-order valence-corrected chi connectivity index (χ1v) is 10.3. The van der Waals surface area contributed by atoms with Crippen molar-refractivity contribution in [2.24, 2.45) is 11.5 Å². The van der Waals surface area contributed by atoms with Crippen LogP contribution in [0.5, 0.6) is 0 Å². The third-order valence-corrected chi connectivity index (χ3v) is 4.74. The lowest BCUT2D eigenvalue weighted by atomic mass is 10.0. The van der Waals surface area contributed by atoms with Crippen molar-refractivity contribution in [2.45, 2.75) is 63.4 Å². The maximum absolute atomic E-state index is 12.7. The van der Waals surface area contributed by atoms with Gasteiger partial charge in [0.25, 0.3) is 0 Å². The molecule has 0 saturated heterocycles. The summed E-state index contributed by atoms with van der Waals surface area (Å²) in [4.78, 5) is 59.8. The fraction of sp³-hybridized carbons (Fsp3) is 0.476. The van der Waals surface area contributed by atoms with Gasteiger partial charge in [-0.05, 0) is 32.3 Å². The van der Waals surface area contributed by atoms with Crippen LogP contribution in [0.15, 0.2) is 30.3 Å². The van der Waals surface area contributed by atoms with E-state index in [0.29, 0.717) is 0 Å². The average molecular weight is 466 g/mol. The minimum Gasteiger partial charge on any atom is -0.480 e. The van der Waals surface area contributed by atoms with Gasteiger partial charge in [0, 0.05) is 6.42 Å². The Kier molecular flexibility index (Phi) is 11.0. The molecule has 1 rings (SSSR count). The predicted molar refractivity (Wildman–Crippen MR) is 117 cm³/mol. The second kappa shape index (κ2) is 13.1. The molecule has 4 amide bonds. The van der Waals surface area contributed by atoms with Gasteiger partial charge >= 0.3 is 5.97 Å². The van der Waals surface area contributed by atoms with Crippen LogP contribution >= 0.6 is 0 Å². The highest BCUT2D eigenvalue weighted by molar-refractivity contribution is 5.94.